The van der Waals surface area contributed by atoms with Gasteiger partial charge < -0.3 is 25.7 Å². The number of methoxy groups -OCH3 is 1. The fourth-order valence-electron chi connectivity index (χ4n) is 3.61. The maximum Gasteiger partial charge on any atom is 0.318 e. The van der Waals surface area contributed by atoms with E-state index < -0.39 is 11.5 Å². The van der Waals surface area contributed by atoms with Gasteiger partial charge in [0.1, 0.15) is 11.2 Å². The largest absolute Gasteiger partial charge is 0.467 e. The Bertz CT molecular complexity index is 1520. The zero-order valence-electron chi connectivity index (χ0n) is 19.5. The van der Waals surface area contributed by atoms with Crippen LogP contribution in [0.25, 0.3) is 11.0 Å². The zero-order valence-corrected chi connectivity index (χ0v) is 20.3. The SMILES string of the molecule is CCCN(C(=O)c1ccc(Cl)c(NC(=O)c2cc3cnc(OC)nc3[nH]c2=O)c1)c1cccc(N)c1. The van der Waals surface area contributed by atoms with Gasteiger partial charge in [0.2, 0.25) is 0 Å². The van der Waals surface area contributed by atoms with Gasteiger partial charge in [0.05, 0.1) is 17.8 Å². The highest BCUT2D eigenvalue weighted by molar-refractivity contribution is 6.34. The molecule has 0 saturated carbocycles. The van der Waals surface area contributed by atoms with Gasteiger partial charge in [0, 0.05) is 35.1 Å². The predicted octanol–water partition coefficient (Wildman–Crippen LogP) is 3.87. The van der Waals surface area contributed by atoms with E-state index in [9.17, 15) is 14.4 Å². The lowest BCUT2D eigenvalue weighted by atomic mass is 10.1. The van der Waals surface area contributed by atoms with Crippen molar-refractivity contribution in [3.8, 4) is 6.01 Å². The van der Waals surface area contributed by atoms with Crippen molar-refractivity contribution in [2.45, 2.75) is 13.3 Å². The fourth-order valence-corrected chi connectivity index (χ4v) is 3.77. The number of H-pyrrole nitrogens is 1. The number of hydrogen-bond acceptors (Lipinski definition) is 7. The molecule has 0 unspecified atom stereocenters. The quantitative estimate of drug-likeness (QED) is 0.323. The van der Waals surface area contributed by atoms with E-state index >= 15 is 0 Å². The maximum atomic E-state index is 13.4. The van der Waals surface area contributed by atoms with Crippen LogP contribution in [0, 0.1) is 0 Å². The van der Waals surface area contributed by atoms with E-state index in [1.807, 2.05) is 6.92 Å². The van der Waals surface area contributed by atoms with Gasteiger partial charge in [-0.2, -0.15) is 4.98 Å². The molecule has 36 heavy (non-hydrogen) atoms. The smallest absolute Gasteiger partial charge is 0.318 e. The number of nitrogens with two attached hydrogens (primary N) is 1. The molecule has 0 spiro atoms. The molecule has 4 aromatic rings. The third-order valence-corrected chi connectivity index (χ3v) is 5.66. The number of ether oxygens (including phenoxy) is 1. The van der Waals surface area contributed by atoms with Gasteiger partial charge in [-0.1, -0.05) is 24.6 Å². The number of nitrogens with one attached hydrogen (secondary N) is 2. The Labute approximate surface area is 211 Å². The van der Waals surface area contributed by atoms with Crippen LogP contribution >= 0.6 is 11.6 Å². The molecule has 2 aromatic heterocycles. The zero-order chi connectivity index (χ0) is 25.8. The molecule has 11 heteroatoms. The molecule has 184 valence electrons. The number of pyridine rings is 1. The van der Waals surface area contributed by atoms with Crippen LogP contribution in [0.5, 0.6) is 6.01 Å². The first kappa shape index (κ1) is 24.7. The minimum Gasteiger partial charge on any atom is -0.467 e. The summed E-state index contributed by atoms with van der Waals surface area (Å²) in [5.41, 5.74) is 6.99. The second-order valence-corrected chi connectivity index (χ2v) is 8.28. The molecule has 2 heterocycles. The number of anilines is 3. The van der Waals surface area contributed by atoms with Gasteiger partial charge >= 0.3 is 6.01 Å². The molecule has 2 aromatic carbocycles. The molecule has 10 nitrogen and oxygen atoms in total. The third-order valence-electron chi connectivity index (χ3n) is 5.33. The molecule has 0 radical (unpaired) electrons. The minimum absolute atomic E-state index is 0.0823. The van der Waals surface area contributed by atoms with Crippen molar-refractivity contribution in [3.05, 3.63) is 81.2 Å². The van der Waals surface area contributed by atoms with Crippen LogP contribution < -0.4 is 26.2 Å². The molecule has 0 saturated heterocycles. The minimum atomic E-state index is -0.707. The van der Waals surface area contributed by atoms with Crippen LogP contribution in [0.4, 0.5) is 17.1 Å². The van der Waals surface area contributed by atoms with Crippen LogP contribution in [-0.4, -0.2) is 40.4 Å². The van der Waals surface area contributed by atoms with Gasteiger partial charge in [0.25, 0.3) is 17.4 Å². The number of aromatic nitrogens is 3. The van der Waals surface area contributed by atoms with Crippen molar-refractivity contribution in [1.82, 2.24) is 15.0 Å². The van der Waals surface area contributed by atoms with Crippen molar-refractivity contribution in [2.75, 3.05) is 29.6 Å². The second-order valence-electron chi connectivity index (χ2n) is 7.87. The van der Waals surface area contributed by atoms with Crippen molar-refractivity contribution in [1.29, 1.82) is 0 Å². The summed E-state index contributed by atoms with van der Waals surface area (Å²) in [6.45, 7) is 2.42. The number of fused-ring (bicyclic) bond motifs is 1. The summed E-state index contributed by atoms with van der Waals surface area (Å²) in [5.74, 6) is -0.994. The highest BCUT2D eigenvalue weighted by Gasteiger charge is 2.20. The Kier molecular flexibility index (Phi) is 7.16. The molecule has 4 N–H and O–H groups in total. The van der Waals surface area contributed by atoms with Gasteiger partial charge in [-0.3, -0.25) is 14.4 Å². The lowest BCUT2D eigenvalue weighted by Gasteiger charge is -2.23. The molecule has 0 atom stereocenters. The number of hydrogen-bond donors (Lipinski definition) is 3. The Morgan fingerprint density at radius 2 is 2.00 bits per heavy atom. The van der Waals surface area contributed by atoms with E-state index in [4.69, 9.17) is 22.1 Å². The monoisotopic (exact) mass is 506 g/mol. The van der Waals surface area contributed by atoms with E-state index in [1.165, 1.54) is 31.5 Å². The molecule has 0 bridgehead atoms. The normalized spacial score (nSPS) is 10.8. The number of benzene rings is 2. The number of rotatable bonds is 7. The average Bonchev–Trinajstić information content (AvgIpc) is 2.87. The van der Waals surface area contributed by atoms with Crippen molar-refractivity contribution >= 4 is 51.5 Å². The molecule has 0 fully saturated rings. The number of carbonyl (C=O) groups excluding carboxylic acids is 2. The van der Waals surface area contributed by atoms with Crippen molar-refractivity contribution in [2.24, 2.45) is 0 Å². The fraction of sp³-hybridized carbons (Fsp3) is 0.160. The summed E-state index contributed by atoms with van der Waals surface area (Å²) in [6, 6.07) is 13.0. The van der Waals surface area contributed by atoms with Gasteiger partial charge in [0.15, 0.2) is 0 Å². The standard InChI is InChI=1S/C25H23ClN6O4/c1-3-9-32(17-6-4-5-16(27)12-17)24(35)14-7-8-19(26)20(11-14)29-22(33)18-10-15-13-28-25(36-2)31-21(15)30-23(18)34/h4-8,10-13H,3,9,27H2,1-2H3,(H,29,33)(H,28,30,31,34). The van der Waals surface area contributed by atoms with E-state index in [0.29, 0.717) is 28.9 Å². The number of halogens is 1. The average molecular weight is 507 g/mol. The molecule has 0 aliphatic carbocycles. The maximum absolute atomic E-state index is 13.4. The van der Waals surface area contributed by atoms with E-state index in [2.05, 4.69) is 20.3 Å². The number of amides is 2. The van der Waals surface area contributed by atoms with Gasteiger partial charge in [-0.05, 0) is 48.9 Å². The third kappa shape index (κ3) is 5.13. The first-order chi connectivity index (χ1) is 17.3. The summed E-state index contributed by atoms with van der Waals surface area (Å²) >= 11 is 6.30. The number of nitrogen functional groups attached to an aromatic ring is 1. The number of carbonyl (C=O) groups is 2. The molecule has 2 amide bonds. The van der Waals surface area contributed by atoms with Crippen LogP contribution in [0.1, 0.15) is 34.1 Å². The highest BCUT2D eigenvalue weighted by atomic mass is 35.5. The Morgan fingerprint density at radius 1 is 1.19 bits per heavy atom. The molecule has 4 rings (SSSR count). The lowest BCUT2D eigenvalue weighted by Crippen LogP contribution is -2.32. The van der Waals surface area contributed by atoms with E-state index in [1.54, 1.807) is 35.2 Å². The van der Waals surface area contributed by atoms with Gasteiger partial charge in [-0.25, -0.2) is 4.98 Å². The van der Waals surface area contributed by atoms with Crippen LogP contribution in [0.2, 0.25) is 5.02 Å². The number of aromatic amines is 1. The molecule has 0 aliphatic rings. The lowest BCUT2D eigenvalue weighted by molar-refractivity contribution is 0.0984. The molecular weight excluding hydrogens is 484 g/mol. The first-order valence-electron chi connectivity index (χ1n) is 11.0. The Morgan fingerprint density at radius 3 is 2.72 bits per heavy atom. The summed E-state index contributed by atoms with van der Waals surface area (Å²) in [7, 11) is 1.40. The summed E-state index contributed by atoms with van der Waals surface area (Å²) in [4.78, 5) is 51.1. The summed E-state index contributed by atoms with van der Waals surface area (Å²) in [6.07, 6.45) is 2.15. The Balaban J connectivity index is 1.63. The molecule has 0 aliphatic heterocycles. The molecular formula is C25H23ClN6O4. The predicted molar refractivity (Wildman–Crippen MR) is 139 cm³/mol. The van der Waals surface area contributed by atoms with Crippen LogP contribution in [0.15, 0.2) is 59.5 Å². The van der Waals surface area contributed by atoms with E-state index in [-0.39, 0.29) is 33.8 Å². The van der Waals surface area contributed by atoms with Crippen LogP contribution in [-0.2, 0) is 0 Å². The van der Waals surface area contributed by atoms with Gasteiger partial charge in [-0.15, -0.1) is 0 Å². The van der Waals surface area contributed by atoms with E-state index in [0.717, 1.165) is 6.42 Å². The number of nitrogens with zero attached hydrogens (tertiary/aromatic N) is 3. The Hall–Kier alpha value is -4.44. The second kappa shape index (κ2) is 10.4. The summed E-state index contributed by atoms with van der Waals surface area (Å²) in [5, 5.41) is 3.27. The first-order valence-corrected chi connectivity index (χ1v) is 11.4. The van der Waals surface area contributed by atoms with Crippen LogP contribution in [0.3, 0.4) is 0 Å². The summed E-state index contributed by atoms with van der Waals surface area (Å²) < 4.78 is 4.95. The highest BCUT2D eigenvalue weighted by Crippen LogP contribution is 2.26. The topological polar surface area (TPSA) is 143 Å². The van der Waals surface area contributed by atoms with Crippen molar-refractivity contribution < 1.29 is 14.3 Å². The van der Waals surface area contributed by atoms with Crippen molar-refractivity contribution in [3.63, 3.8) is 0 Å².